The SMILES string of the molecule is CCC1CCc2cnncc2C1O. The standard InChI is InChI=1S/C10H14N2O/c1-2-7-3-4-8-5-11-12-6-9(8)10(7)13/h5-7,10,13H,2-4H2,1H3. The minimum absolute atomic E-state index is 0.329. The molecule has 1 aromatic heterocycles. The van der Waals surface area contributed by atoms with Crippen LogP contribution in [0.2, 0.25) is 0 Å². The van der Waals surface area contributed by atoms with Gasteiger partial charge < -0.3 is 5.11 Å². The molecule has 3 nitrogen and oxygen atoms in total. The summed E-state index contributed by atoms with van der Waals surface area (Å²) in [6.07, 6.45) is 6.26. The maximum absolute atomic E-state index is 9.95. The average molecular weight is 178 g/mol. The van der Waals surface area contributed by atoms with E-state index < -0.39 is 0 Å². The van der Waals surface area contributed by atoms with Crippen LogP contribution in [0, 0.1) is 5.92 Å². The molecule has 0 fully saturated rings. The van der Waals surface area contributed by atoms with Crippen LogP contribution in [-0.2, 0) is 6.42 Å². The zero-order valence-corrected chi connectivity index (χ0v) is 7.77. The molecule has 0 aliphatic heterocycles. The highest BCUT2D eigenvalue weighted by Crippen LogP contribution is 2.34. The first-order chi connectivity index (χ1) is 6.33. The van der Waals surface area contributed by atoms with Gasteiger partial charge in [-0.1, -0.05) is 13.3 Å². The average Bonchev–Trinajstić information content (AvgIpc) is 2.19. The van der Waals surface area contributed by atoms with E-state index in [0.717, 1.165) is 30.4 Å². The van der Waals surface area contributed by atoms with Crippen LogP contribution in [0.1, 0.15) is 37.0 Å². The van der Waals surface area contributed by atoms with Crippen molar-refractivity contribution in [3.63, 3.8) is 0 Å². The third kappa shape index (κ3) is 1.44. The van der Waals surface area contributed by atoms with Gasteiger partial charge in [0.2, 0.25) is 0 Å². The molecule has 1 aromatic rings. The summed E-state index contributed by atoms with van der Waals surface area (Å²) >= 11 is 0. The molecule has 0 spiro atoms. The van der Waals surface area contributed by atoms with E-state index >= 15 is 0 Å². The number of aryl methyl sites for hydroxylation is 1. The van der Waals surface area contributed by atoms with Gasteiger partial charge in [0.15, 0.2) is 0 Å². The lowest BCUT2D eigenvalue weighted by Gasteiger charge is -2.28. The zero-order chi connectivity index (χ0) is 9.26. The Hall–Kier alpha value is -0.960. The Morgan fingerprint density at radius 2 is 2.23 bits per heavy atom. The van der Waals surface area contributed by atoms with Gasteiger partial charge in [0.05, 0.1) is 18.5 Å². The maximum Gasteiger partial charge on any atom is 0.0836 e. The lowest BCUT2D eigenvalue weighted by atomic mass is 9.82. The summed E-state index contributed by atoms with van der Waals surface area (Å²) < 4.78 is 0. The number of rotatable bonds is 1. The van der Waals surface area contributed by atoms with Gasteiger partial charge in [0.25, 0.3) is 0 Å². The third-order valence-electron chi connectivity index (χ3n) is 2.92. The molecular formula is C10H14N2O. The Morgan fingerprint density at radius 3 is 3.00 bits per heavy atom. The molecule has 0 radical (unpaired) electrons. The number of aliphatic hydroxyl groups is 1. The largest absolute Gasteiger partial charge is 0.388 e. The Kier molecular flexibility index (Phi) is 2.27. The zero-order valence-electron chi connectivity index (χ0n) is 7.77. The lowest BCUT2D eigenvalue weighted by Crippen LogP contribution is -2.20. The number of aliphatic hydroxyl groups excluding tert-OH is 1. The van der Waals surface area contributed by atoms with Crippen LogP contribution < -0.4 is 0 Å². The Bertz CT molecular complexity index is 301. The van der Waals surface area contributed by atoms with Gasteiger partial charge >= 0.3 is 0 Å². The van der Waals surface area contributed by atoms with Crippen molar-refractivity contribution < 1.29 is 5.11 Å². The highest BCUT2D eigenvalue weighted by atomic mass is 16.3. The number of nitrogens with zero attached hydrogens (tertiary/aromatic N) is 2. The molecule has 1 aliphatic carbocycles. The van der Waals surface area contributed by atoms with Crippen molar-refractivity contribution in [1.82, 2.24) is 10.2 Å². The van der Waals surface area contributed by atoms with Crippen LogP contribution in [0.15, 0.2) is 12.4 Å². The molecule has 3 heteroatoms. The van der Waals surface area contributed by atoms with Gasteiger partial charge in [-0.25, -0.2) is 0 Å². The number of hydrogen-bond donors (Lipinski definition) is 1. The van der Waals surface area contributed by atoms with Crippen molar-refractivity contribution in [2.45, 2.75) is 32.3 Å². The smallest absolute Gasteiger partial charge is 0.0836 e. The van der Waals surface area contributed by atoms with Crippen LogP contribution >= 0.6 is 0 Å². The van der Waals surface area contributed by atoms with Crippen LogP contribution in [0.25, 0.3) is 0 Å². The van der Waals surface area contributed by atoms with E-state index in [-0.39, 0.29) is 6.10 Å². The Balaban J connectivity index is 2.33. The first-order valence-corrected chi connectivity index (χ1v) is 4.80. The second-order valence-corrected chi connectivity index (χ2v) is 3.62. The molecule has 13 heavy (non-hydrogen) atoms. The summed E-state index contributed by atoms with van der Waals surface area (Å²) in [6.45, 7) is 2.12. The van der Waals surface area contributed by atoms with Gasteiger partial charge in [0, 0.05) is 5.56 Å². The molecule has 1 heterocycles. The highest BCUT2D eigenvalue weighted by Gasteiger charge is 2.26. The van der Waals surface area contributed by atoms with Crippen molar-refractivity contribution >= 4 is 0 Å². The fourth-order valence-electron chi connectivity index (χ4n) is 2.01. The summed E-state index contributed by atoms with van der Waals surface area (Å²) in [5, 5.41) is 17.6. The Labute approximate surface area is 77.8 Å². The van der Waals surface area contributed by atoms with Crippen LogP contribution in [0.5, 0.6) is 0 Å². The van der Waals surface area contributed by atoms with Gasteiger partial charge in [-0.2, -0.15) is 10.2 Å². The van der Waals surface area contributed by atoms with Crippen molar-refractivity contribution in [2.24, 2.45) is 5.92 Å². The molecule has 0 saturated carbocycles. The lowest BCUT2D eigenvalue weighted by molar-refractivity contribution is 0.0907. The number of hydrogen-bond acceptors (Lipinski definition) is 3. The maximum atomic E-state index is 9.95. The summed E-state index contributed by atoms with van der Waals surface area (Å²) in [7, 11) is 0. The normalized spacial score (nSPS) is 26.9. The molecule has 2 atom stereocenters. The summed E-state index contributed by atoms with van der Waals surface area (Å²) in [6, 6.07) is 0. The van der Waals surface area contributed by atoms with Gasteiger partial charge in [0.1, 0.15) is 0 Å². The van der Waals surface area contributed by atoms with Gasteiger partial charge in [-0.3, -0.25) is 0 Å². The molecule has 1 aliphatic rings. The van der Waals surface area contributed by atoms with Crippen LogP contribution in [-0.4, -0.2) is 15.3 Å². The molecule has 2 rings (SSSR count). The first kappa shape index (κ1) is 8.63. The van der Waals surface area contributed by atoms with E-state index in [1.165, 1.54) is 0 Å². The quantitative estimate of drug-likeness (QED) is 0.708. The molecule has 0 aromatic carbocycles. The van der Waals surface area contributed by atoms with E-state index in [4.69, 9.17) is 0 Å². The molecule has 1 N–H and O–H groups in total. The molecule has 0 saturated heterocycles. The fraction of sp³-hybridized carbons (Fsp3) is 0.600. The van der Waals surface area contributed by atoms with Crippen molar-refractivity contribution in [3.8, 4) is 0 Å². The highest BCUT2D eigenvalue weighted by molar-refractivity contribution is 5.26. The molecule has 0 amide bonds. The van der Waals surface area contributed by atoms with E-state index in [0.29, 0.717) is 5.92 Å². The van der Waals surface area contributed by atoms with E-state index in [1.807, 2.05) is 0 Å². The number of aromatic nitrogens is 2. The third-order valence-corrected chi connectivity index (χ3v) is 2.92. The topological polar surface area (TPSA) is 46.0 Å². The van der Waals surface area contributed by atoms with Crippen molar-refractivity contribution in [1.29, 1.82) is 0 Å². The minimum Gasteiger partial charge on any atom is -0.388 e. The molecule has 2 unspecified atom stereocenters. The van der Waals surface area contributed by atoms with Crippen molar-refractivity contribution in [3.05, 3.63) is 23.5 Å². The summed E-state index contributed by atoms with van der Waals surface area (Å²) in [5.74, 6) is 0.400. The van der Waals surface area contributed by atoms with Gasteiger partial charge in [-0.15, -0.1) is 0 Å². The summed E-state index contributed by atoms with van der Waals surface area (Å²) in [5.41, 5.74) is 2.14. The fourth-order valence-corrected chi connectivity index (χ4v) is 2.01. The summed E-state index contributed by atoms with van der Waals surface area (Å²) in [4.78, 5) is 0. The predicted octanol–water partition coefficient (Wildman–Crippen LogP) is 1.48. The minimum atomic E-state index is -0.329. The predicted molar refractivity (Wildman–Crippen MR) is 49.1 cm³/mol. The number of fused-ring (bicyclic) bond motifs is 1. The molecule has 0 bridgehead atoms. The second-order valence-electron chi connectivity index (χ2n) is 3.62. The van der Waals surface area contributed by atoms with Crippen LogP contribution in [0.3, 0.4) is 0 Å². The second kappa shape index (κ2) is 3.42. The molecule has 70 valence electrons. The van der Waals surface area contributed by atoms with E-state index in [1.54, 1.807) is 12.4 Å². The van der Waals surface area contributed by atoms with E-state index in [9.17, 15) is 5.11 Å². The van der Waals surface area contributed by atoms with E-state index in [2.05, 4.69) is 17.1 Å². The van der Waals surface area contributed by atoms with Crippen molar-refractivity contribution in [2.75, 3.05) is 0 Å². The Morgan fingerprint density at radius 1 is 1.46 bits per heavy atom. The molecular weight excluding hydrogens is 164 g/mol. The monoisotopic (exact) mass is 178 g/mol. The van der Waals surface area contributed by atoms with Crippen LogP contribution in [0.4, 0.5) is 0 Å². The van der Waals surface area contributed by atoms with Gasteiger partial charge in [-0.05, 0) is 24.3 Å². The first-order valence-electron chi connectivity index (χ1n) is 4.80.